The molecule has 0 fully saturated rings. The first-order valence-electron chi connectivity index (χ1n) is 5.14. The van der Waals surface area contributed by atoms with Gasteiger partial charge < -0.3 is 5.43 Å². The molecular weight excluding hydrogens is 176 g/mol. The van der Waals surface area contributed by atoms with Gasteiger partial charge in [-0.1, -0.05) is 40.7 Å². The molecule has 0 radical (unpaired) electrons. The molecule has 14 heavy (non-hydrogen) atoms. The van der Waals surface area contributed by atoms with Crippen molar-refractivity contribution in [2.45, 2.75) is 47.0 Å². The van der Waals surface area contributed by atoms with Crippen molar-refractivity contribution in [3.63, 3.8) is 0 Å². The smallest absolute Gasteiger partial charge is 0.238 e. The number of nitrogens with one attached hydrogen (secondary N) is 2. The lowest BCUT2D eigenvalue weighted by Crippen LogP contribution is -2.37. The van der Waals surface area contributed by atoms with E-state index in [1.54, 1.807) is 0 Å². The molecule has 0 rings (SSSR count). The molecule has 0 aromatic rings. The van der Waals surface area contributed by atoms with Crippen LogP contribution in [0, 0.1) is 5.41 Å². The topological polar surface area (TPSA) is 41.1 Å². The van der Waals surface area contributed by atoms with Crippen molar-refractivity contribution in [1.82, 2.24) is 10.9 Å². The third-order valence-electron chi connectivity index (χ3n) is 2.35. The number of hydrogen-bond acceptors (Lipinski definition) is 2. The Hall–Kier alpha value is -0.990. The second-order valence-electron chi connectivity index (χ2n) is 4.32. The zero-order chi connectivity index (χ0) is 11.2. The van der Waals surface area contributed by atoms with Gasteiger partial charge in [-0.15, -0.1) is 0 Å². The van der Waals surface area contributed by atoms with Crippen LogP contribution >= 0.6 is 0 Å². The summed E-state index contributed by atoms with van der Waals surface area (Å²) >= 11 is 0. The number of carbonyl (C=O) groups is 1. The van der Waals surface area contributed by atoms with Gasteiger partial charge in [-0.3, -0.25) is 10.2 Å². The Morgan fingerprint density at radius 1 is 1.29 bits per heavy atom. The maximum Gasteiger partial charge on any atom is 0.238 e. The highest BCUT2D eigenvalue weighted by atomic mass is 16.2. The second kappa shape index (κ2) is 5.68. The summed E-state index contributed by atoms with van der Waals surface area (Å²) in [6, 6.07) is 0. The number of allylic oxidation sites excluding steroid dienone is 1. The molecule has 0 heterocycles. The van der Waals surface area contributed by atoms with Crippen molar-refractivity contribution in [1.29, 1.82) is 0 Å². The largest absolute Gasteiger partial charge is 0.303 e. The van der Waals surface area contributed by atoms with Crippen molar-refractivity contribution in [3.05, 3.63) is 12.3 Å². The minimum Gasteiger partial charge on any atom is -0.303 e. The zero-order valence-electron chi connectivity index (χ0n) is 9.74. The van der Waals surface area contributed by atoms with Crippen molar-refractivity contribution in [2.24, 2.45) is 5.41 Å². The predicted octanol–water partition coefficient (Wildman–Crippen LogP) is 2.36. The Morgan fingerprint density at radius 2 is 1.86 bits per heavy atom. The van der Waals surface area contributed by atoms with E-state index >= 15 is 0 Å². The van der Waals surface area contributed by atoms with Crippen LogP contribution in [0.15, 0.2) is 12.3 Å². The van der Waals surface area contributed by atoms with Gasteiger partial charge in [0.1, 0.15) is 0 Å². The van der Waals surface area contributed by atoms with Crippen LogP contribution in [-0.2, 0) is 4.79 Å². The lowest BCUT2D eigenvalue weighted by atomic mass is 9.85. The summed E-state index contributed by atoms with van der Waals surface area (Å²) < 4.78 is 0. The van der Waals surface area contributed by atoms with E-state index in [0.717, 1.165) is 18.5 Å². The summed E-state index contributed by atoms with van der Waals surface area (Å²) in [6.07, 6.45) is 2.44. The van der Waals surface area contributed by atoms with Crippen LogP contribution in [0.1, 0.15) is 47.0 Å². The fourth-order valence-electron chi connectivity index (χ4n) is 0.993. The van der Waals surface area contributed by atoms with Gasteiger partial charge in [-0.2, -0.15) is 0 Å². The molecule has 82 valence electrons. The van der Waals surface area contributed by atoms with Crippen LogP contribution in [0.25, 0.3) is 0 Å². The van der Waals surface area contributed by atoms with E-state index in [-0.39, 0.29) is 11.3 Å². The van der Waals surface area contributed by atoms with Crippen molar-refractivity contribution < 1.29 is 4.79 Å². The number of hydrazine groups is 1. The Kier molecular flexibility index (Phi) is 5.28. The van der Waals surface area contributed by atoms with E-state index in [9.17, 15) is 4.79 Å². The molecule has 0 saturated carbocycles. The van der Waals surface area contributed by atoms with Crippen molar-refractivity contribution >= 4 is 5.91 Å². The molecule has 0 bridgehead atoms. The van der Waals surface area contributed by atoms with E-state index < -0.39 is 0 Å². The number of rotatable bonds is 6. The molecular formula is C11H22N2O. The summed E-state index contributed by atoms with van der Waals surface area (Å²) in [5.74, 6) is -0.0135. The maximum atomic E-state index is 10.9. The quantitative estimate of drug-likeness (QED) is 0.643. The van der Waals surface area contributed by atoms with E-state index in [2.05, 4.69) is 38.2 Å². The first-order valence-corrected chi connectivity index (χ1v) is 5.14. The highest BCUT2D eigenvalue weighted by Crippen LogP contribution is 2.26. The average molecular weight is 198 g/mol. The zero-order valence-corrected chi connectivity index (χ0v) is 9.74. The third-order valence-corrected chi connectivity index (χ3v) is 2.35. The molecule has 0 spiro atoms. The lowest BCUT2D eigenvalue weighted by molar-refractivity contribution is -0.121. The Bertz CT molecular complexity index is 209. The Labute approximate surface area is 86.9 Å². The van der Waals surface area contributed by atoms with E-state index in [1.165, 1.54) is 0 Å². The summed E-state index contributed by atoms with van der Waals surface area (Å²) in [7, 11) is 0. The monoisotopic (exact) mass is 198 g/mol. The molecule has 0 aliphatic rings. The normalized spacial score (nSPS) is 10.9. The Balaban J connectivity index is 3.82. The Morgan fingerprint density at radius 3 is 2.29 bits per heavy atom. The van der Waals surface area contributed by atoms with E-state index in [1.807, 2.05) is 6.92 Å². The highest BCUT2D eigenvalue weighted by Gasteiger charge is 2.16. The molecule has 0 aromatic heterocycles. The minimum atomic E-state index is -0.0135. The van der Waals surface area contributed by atoms with Crippen molar-refractivity contribution in [2.75, 3.05) is 0 Å². The number of hydrogen-bond donors (Lipinski definition) is 2. The summed E-state index contributed by atoms with van der Waals surface area (Å²) in [4.78, 5) is 10.9. The maximum absolute atomic E-state index is 10.9. The fraction of sp³-hybridized carbons (Fsp3) is 0.727. The van der Waals surface area contributed by atoms with Gasteiger partial charge in [0, 0.05) is 12.1 Å². The molecule has 0 saturated heterocycles. The lowest BCUT2D eigenvalue weighted by Gasteiger charge is -2.24. The molecule has 0 atom stereocenters. The first-order chi connectivity index (χ1) is 6.41. The molecule has 1 amide bonds. The fourth-order valence-corrected chi connectivity index (χ4v) is 0.993. The van der Waals surface area contributed by atoms with Gasteiger partial charge >= 0.3 is 0 Å². The van der Waals surface area contributed by atoms with Gasteiger partial charge in [0.2, 0.25) is 5.91 Å². The molecule has 0 aliphatic heterocycles. The molecule has 3 nitrogen and oxygen atoms in total. The van der Waals surface area contributed by atoms with Gasteiger partial charge in [-0.05, 0) is 11.8 Å². The van der Waals surface area contributed by atoms with E-state index in [0.29, 0.717) is 6.42 Å². The molecule has 0 aliphatic carbocycles. The van der Waals surface area contributed by atoms with Crippen LogP contribution in [0.4, 0.5) is 0 Å². The first kappa shape index (κ1) is 13.0. The standard InChI is InChI=1S/C11H22N2O/c1-6-10(14)13-12-9(3)8-11(4,5)7-2/h12H,3,6-8H2,1-2,4-5H3,(H,13,14). The second-order valence-corrected chi connectivity index (χ2v) is 4.32. The van der Waals surface area contributed by atoms with Crippen molar-refractivity contribution in [3.8, 4) is 0 Å². The summed E-state index contributed by atoms with van der Waals surface area (Å²) in [6.45, 7) is 12.2. The summed E-state index contributed by atoms with van der Waals surface area (Å²) in [5, 5.41) is 0. The third kappa shape index (κ3) is 5.62. The average Bonchev–Trinajstić information content (AvgIpc) is 2.13. The van der Waals surface area contributed by atoms with Crippen LogP contribution in [0.3, 0.4) is 0 Å². The van der Waals surface area contributed by atoms with Gasteiger partial charge in [0.15, 0.2) is 0 Å². The molecule has 3 heteroatoms. The SMILES string of the molecule is C=C(CC(C)(C)CC)NNC(=O)CC. The summed E-state index contributed by atoms with van der Waals surface area (Å²) in [5.41, 5.74) is 6.52. The van der Waals surface area contributed by atoms with Gasteiger partial charge in [-0.25, -0.2) is 0 Å². The molecule has 0 aromatic carbocycles. The molecule has 2 N–H and O–H groups in total. The highest BCUT2D eigenvalue weighted by molar-refractivity contribution is 5.75. The number of carbonyl (C=O) groups excluding carboxylic acids is 1. The van der Waals surface area contributed by atoms with Crippen LogP contribution < -0.4 is 10.9 Å². The van der Waals surface area contributed by atoms with Gasteiger partial charge in [0.05, 0.1) is 0 Å². The van der Waals surface area contributed by atoms with E-state index in [4.69, 9.17) is 0 Å². The minimum absolute atomic E-state index is 0.0135. The van der Waals surface area contributed by atoms with Crippen LogP contribution in [0.5, 0.6) is 0 Å². The molecule has 0 unspecified atom stereocenters. The number of amides is 1. The van der Waals surface area contributed by atoms with Gasteiger partial charge in [0.25, 0.3) is 0 Å². The van der Waals surface area contributed by atoms with Crippen LogP contribution in [-0.4, -0.2) is 5.91 Å². The predicted molar refractivity (Wildman–Crippen MR) is 59.4 cm³/mol. The van der Waals surface area contributed by atoms with Crippen LogP contribution in [0.2, 0.25) is 0 Å².